The van der Waals surface area contributed by atoms with E-state index in [0.29, 0.717) is 29.6 Å². The lowest BCUT2D eigenvalue weighted by atomic mass is 9.95. The number of hydrogen-bond donors (Lipinski definition) is 0. The maximum atomic E-state index is 13.3. The lowest BCUT2D eigenvalue weighted by molar-refractivity contribution is -0.133. The van der Waals surface area contributed by atoms with Crippen molar-refractivity contribution in [1.29, 1.82) is 0 Å². The number of hydrogen-bond acceptors (Lipinski definition) is 3. The molecule has 188 valence electrons. The van der Waals surface area contributed by atoms with Gasteiger partial charge in [0.1, 0.15) is 5.60 Å². The molecule has 2 aromatic carbocycles. The molecule has 0 N–H and O–H groups in total. The Hall–Kier alpha value is -2.24. The molecule has 2 amide bonds. The summed E-state index contributed by atoms with van der Waals surface area (Å²) in [6.07, 6.45) is 2.59. The molecule has 0 aliphatic carbocycles. The van der Waals surface area contributed by atoms with Crippen LogP contribution in [0.25, 0.3) is 11.1 Å². The lowest BCUT2D eigenvalue weighted by Crippen LogP contribution is -2.48. The van der Waals surface area contributed by atoms with E-state index in [-0.39, 0.29) is 24.0 Å². The summed E-state index contributed by atoms with van der Waals surface area (Å²) in [6.45, 7) is 9.61. The molecule has 2 heterocycles. The highest BCUT2D eigenvalue weighted by Gasteiger charge is 2.38. The standard InChI is InChI=1S/C28H34Cl2N2O3/c1-18-5-7-19(8-6-18)21-16-24(29)23(25(30)17-21)15-20-9-14-32(26(20)33)22-10-12-31(13-11-22)27(34)35-28(2,3)4/h5-8,16-17,20,22H,9-15H2,1-4H3. The first-order valence-corrected chi connectivity index (χ1v) is 13.1. The summed E-state index contributed by atoms with van der Waals surface area (Å²) in [7, 11) is 0. The minimum Gasteiger partial charge on any atom is -0.444 e. The predicted molar refractivity (Wildman–Crippen MR) is 141 cm³/mol. The minimum atomic E-state index is -0.507. The van der Waals surface area contributed by atoms with Gasteiger partial charge in [-0.3, -0.25) is 4.79 Å². The first-order valence-electron chi connectivity index (χ1n) is 12.3. The molecule has 4 rings (SSSR count). The number of nitrogens with zero attached hydrogens (tertiary/aromatic N) is 2. The summed E-state index contributed by atoms with van der Waals surface area (Å²) < 4.78 is 5.49. The van der Waals surface area contributed by atoms with Crippen LogP contribution in [0.5, 0.6) is 0 Å². The Balaban J connectivity index is 1.37. The van der Waals surface area contributed by atoms with Crippen LogP contribution in [0.15, 0.2) is 36.4 Å². The van der Waals surface area contributed by atoms with Crippen LogP contribution >= 0.6 is 23.2 Å². The van der Waals surface area contributed by atoms with Crippen LogP contribution in [0, 0.1) is 12.8 Å². The summed E-state index contributed by atoms with van der Waals surface area (Å²) in [5.74, 6) is 0.0366. The van der Waals surface area contributed by atoms with E-state index in [4.69, 9.17) is 27.9 Å². The van der Waals surface area contributed by atoms with Crippen molar-refractivity contribution < 1.29 is 14.3 Å². The van der Waals surface area contributed by atoms with Crippen LogP contribution in [-0.2, 0) is 16.0 Å². The van der Waals surface area contributed by atoms with E-state index >= 15 is 0 Å². The van der Waals surface area contributed by atoms with Gasteiger partial charge in [-0.25, -0.2) is 4.79 Å². The molecular weight excluding hydrogens is 483 g/mol. The molecule has 1 unspecified atom stereocenters. The molecule has 7 heteroatoms. The van der Waals surface area contributed by atoms with Gasteiger partial charge in [-0.2, -0.15) is 0 Å². The third-order valence-electron chi connectivity index (χ3n) is 6.88. The molecule has 2 aliphatic rings. The lowest BCUT2D eigenvalue weighted by Gasteiger charge is -2.37. The zero-order chi connectivity index (χ0) is 25.3. The molecule has 5 nitrogen and oxygen atoms in total. The van der Waals surface area contributed by atoms with Gasteiger partial charge in [-0.05, 0) is 82.2 Å². The molecule has 1 atom stereocenters. The average molecular weight is 517 g/mol. The molecule has 0 spiro atoms. The van der Waals surface area contributed by atoms with E-state index in [0.717, 1.165) is 42.5 Å². The third kappa shape index (κ3) is 6.13. The fourth-order valence-corrected chi connectivity index (χ4v) is 5.60. The number of rotatable bonds is 4. The molecular formula is C28H34Cl2N2O3. The highest BCUT2D eigenvalue weighted by molar-refractivity contribution is 6.36. The Labute approximate surface area is 218 Å². The molecule has 2 aliphatic heterocycles. The molecule has 2 saturated heterocycles. The van der Waals surface area contributed by atoms with Crippen LogP contribution < -0.4 is 0 Å². The van der Waals surface area contributed by atoms with Gasteiger partial charge in [0.05, 0.1) is 0 Å². The van der Waals surface area contributed by atoms with Crippen molar-refractivity contribution >= 4 is 35.2 Å². The number of halogens is 2. The zero-order valence-electron chi connectivity index (χ0n) is 20.9. The minimum absolute atomic E-state index is 0.126. The van der Waals surface area contributed by atoms with Crippen LogP contribution in [0.2, 0.25) is 10.0 Å². The first kappa shape index (κ1) is 25.8. The highest BCUT2D eigenvalue weighted by Crippen LogP contribution is 2.36. The van der Waals surface area contributed by atoms with Gasteiger partial charge in [-0.15, -0.1) is 0 Å². The van der Waals surface area contributed by atoms with Crippen molar-refractivity contribution in [2.45, 2.75) is 65.0 Å². The second-order valence-corrected chi connectivity index (χ2v) is 11.5. The summed E-state index contributed by atoms with van der Waals surface area (Å²) >= 11 is 13.3. The summed E-state index contributed by atoms with van der Waals surface area (Å²) in [5.41, 5.74) is 3.56. The summed E-state index contributed by atoms with van der Waals surface area (Å²) in [6, 6.07) is 12.3. The van der Waals surface area contributed by atoms with Crippen molar-refractivity contribution in [3.63, 3.8) is 0 Å². The topological polar surface area (TPSA) is 49.9 Å². The number of likely N-dealkylation sites (tertiary alicyclic amines) is 2. The van der Waals surface area contributed by atoms with Gasteiger partial charge in [-0.1, -0.05) is 53.0 Å². The van der Waals surface area contributed by atoms with Gasteiger partial charge in [0.2, 0.25) is 5.91 Å². The summed E-state index contributed by atoms with van der Waals surface area (Å²) in [4.78, 5) is 29.4. The van der Waals surface area contributed by atoms with E-state index in [1.165, 1.54) is 5.56 Å². The van der Waals surface area contributed by atoms with Crippen LogP contribution in [0.4, 0.5) is 4.79 Å². The SMILES string of the molecule is Cc1ccc(-c2cc(Cl)c(CC3CCN(C4CCN(C(=O)OC(C)(C)C)CC4)C3=O)c(Cl)c2)cc1. The fraction of sp³-hybridized carbons (Fsp3) is 0.500. The van der Waals surface area contributed by atoms with Crippen molar-refractivity contribution in [3.05, 3.63) is 57.6 Å². The molecule has 2 fully saturated rings. The molecule has 2 aromatic rings. The predicted octanol–water partition coefficient (Wildman–Crippen LogP) is 6.76. The number of amides is 2. The Morgan fingerprint density at radius 1 is 0.971 bits per heavy atom. The zero-order valence-corrected chi connectivity index (χ0v) is 22.5. The van der Waals surface area contributed by atoms with Crippen LogP contribution in [-0.4, -0.2) is 53.1 Å². The first-order chi connectivity index (χ1) is 16.5. The number of carbonyl (C=O) groups excluding carboxylic acids is 2. The number of aryl methyl sites for hydroxylation is 1. The maximum Gasteiger partial charge on any atom is 0.410 e. The van der Waals surface area contributed by atoms with Gasteiger partial charge in [0.25, 0.3) is 0 Å². The van der Waals surface area contributed by atoms with Crippen LogP contribution in [0.3, 0.4) is 0 Å². The van der Waals surface area contributed by atoms with E-state index < -0.39 is 5.60 Å². The second kappa shape index (κ2) is 10.4. The summed E-state index contributed by atoms with van der Waals surface area (Å²) in [5, 5.41) is 1.20. The monoisotopic (exact) mass is 516 g/mol. The van der Waals surface area contributed by atoms with Crippen molar-refractivity contribution in [1.82, 2.24) is 9.80 Å². The molecule has 0 bridgehead atoms. The van der Waals surface area contributed by atoms with Gasteiger partial charge < -0.3 is 14.5 Å². The van der Waals surface area contributed by atoms with E-state index in [1.807, 2.05) is 37.8 Å². The Bertz CT molecular complexity index is 1060. The highest BCUT2D eigenvalue weighted by atomic mass is 35.5. The van der Waals surface area contributed by atoms with Gasteiger partial charge in [0, 0.05) is 41.6 Å². The molecule has 0 aromatic heterocycles. The smallest absolute Gasteiger partial charge is 0.410 e. The average Bonchev–Trinajstić information content (AvgIpc) is 3.15. The van der Waals surface area contributed by atoms with Gasteiger partial charge in [0.15, 0.2) is 0 Å². The molecule has 0 radical (unpaired) electrons. The van der Waals surface area contributed by atoms with Crippen LogP contribution in [0.1, 0.15) is 51.2 Å². The number of benzene rings is 2. The maximum absolute atomic E-state index is 13.3. The third-order valence-corrected chi connectivity index (χ3v) is 7.56. The quantitative estimate of drug-likeness (QED) is 0.450. The number of carbonyl (C=O) groups is 2. The fourth-order valence-electron chi connectivity index (χ4n) is 4.96. The largest absolute Gasteiger partial charge is 0.444 e. The Morgan fingerprint density at radius 3 is 2.14 bits per heavy atom. The number of piperidine rings is 1. The number of ether oxygens (including phenoxy) is 1. The van der Waals surface area contributed by atoms with E-state index in [9.17, 15) is 9.59 Å². The molecule has 0 saturated carbocycles. The molecule has 35 heavy (non-hydrogen) atoms. The van der Waals surface area contributed by atoms with Gasteiger partial charge >= 0.3 is 6.09 Å². The van der Waals surface area contributed by atoms with Crippen molar-refractivity contribution in [3.8, 4) is 11.1 Å². The van der Waals surface area contributed by atoms with Crippen molar-refractivity contribution in [2.24, 2.45) is 5.92 Å². The Morgan fingerprint density at radius 2 is 1.57 bits per heavy atom. The van der Waals surface area contributed by atoms with E-state index in [2.05, 4.69) is 31.2 Å². The van der Waals surface area contributed by atoms with Crippen molar-refractivity contribution in [2.75, 3.05) is 19.6 Å². The Kier molecular flexibility index (Phi) is 7.68. The second-order valence-electron chi connectivity index (χ2n) is 10.7. The normalized spacial score (nSPS) is 19.4. The van der Waals surface area contributed by atoms with E-state index in [1.54, 1.807) is 4.90 Å².